The predicted molar refractivity (Wildman–Crippen MR) is 117 cm³/mol. The van der Waals surface area contributed by atoms with E-state index in [1.165, 1.54) is 7.11 Å². The van der Waals surface area contributed by atoms with Crippen molar-refractivity contribution in [3.05, 3.63) is 60.2 Å². The number of nitrogens with one attached hydrogen (secondary N) is 2. The lowest BCUT2D eigenvalue weighted by atomic mass is 10.1. The molecule has 2 heterocycles. The zero-order chi connectivity index (χ0) is 21.8. The Balaban J connectivity index is 1.43. The molecule has 4 rings (SSSR count). The minimum Gasteiger partial charge on any atom is -0.454 e. The number of carbonyl (C=O) groups excluding carboxylic acids is 1. The van der Waals surface area contributed by atoms with Crippen LogP contribution in [0.5, 0.6) is 11.5 Å². The van der Waals surface area contributed by atoms with E-state index in [-0.39, 0.29) is 23.5 Å². The van der Waals surface area contributed by atoms with Crippen molar-refractivity contribution in [1.82, 2.24) is 4.72 Å². The molecule has 2 N–H and O–H groups in total. The fourth-order valence-corrected chi connectivity index (χ4v) is 5.30. The molecule has 0 radical (unpaired) electrons. The molecule has 0 fully saturated rings. The van der Waals surface area contributed by atoms with Crippen LogP contribution in [0, 0.1) is 0 Å². The molecule has 162 valence electrons. The van der Waals surface area contributed by atoms with Crippen LogP contribution in [-0.2, 0) is 14.8 Å². The Morgan fingerprint density at radius 1 is 1.06 bits per heavy atom. The van der Waals surface area contributed by atoms with Gasteiger partial charge in [0, 0.05) is 35.8 Å². The molecule has 10 heteroatoms. The molecule has 0 bridgehead atoms. The molecule has 0 aliphatic carbocycles. The van der Waals surface area contributed by atoms with Crippen molar-refractivity contribution in [2.45, 2.75) is 4.21 Å². The molecule has 31 heavy (non-hydrogen) atoms. The van der Waals surface area contributed by atoms with E-state index in [0.29, 0.717) is 29.4 Å². The summed E-state index contributed by atoms with van der Waals surface area (Å²) in [6.45, 7) is 0.676. The van der Waals surface area contributed by atoms with E-state index >= 15 is 0 Å². The van der Waals surface area contributed by atoms with Crippen molar-refractivity contribution < 1.29 is 27.4 Å². The van der Waals surface area contributed by atoms with Gasteiger partial charge in [-0.15, -0.1) is 11.3 Å². The highest BCUT2D eigenvalue weighted by Crippen LogP contribution is 2.34. The number of fused-ring (bicyclic) bond motifs is 1. The summed E-state index contributed by atoms with van der Waals surface area (Å²) in [5.74, 6) is 0.976. The fraction of sp³-hybridized carbons (Fsp3) is 0.190. The number of rotatable bonds is 8. The number of methoxy groups -OCH3 is 1. The van der Waals surface area contributed by atoms with E-state index in [1.807, 2.05) is 0 Å². The van der Waals surface area contributed by atoms with E-state index in [1.54, 1.807) is 54.6 Å². The van der Waals surface area contributed by atoms with Gasteiger partial charge < -0.3 is 19.5 Å². The van der Waals surface area contributed by atoms with Gasteiger partial charge in [0.05, 0.1) is 6.61 Å². The maximum absolute atomic E-state index is 12.5. The largest absolute Gasteiger partial charge is 0.454 e. The molecule has 1 aromatic heterocycles. The molecule has 0 unspecified atom stereocenters. The van der Waals surface area contributed by atoms with Gasteiger partial charge >= 0.3 is 0 Å². The molecule has 0 saturated carbocycles. The third kappa shape index (κ3) is 4.88. The summed E-state index contributed by atoms with van der Waals surface area (Å²) >= 11 is 1.16. The van der Waals surface area contributed by atoms with Gasteiger partial charge in [-0.2, -0.15) is 0 Å². The van der Waals surface area contributed by atoms with E-state index in [4.69, 9.17) is 14.2 Å². The van der Waals surface area contributed by atoms with Gasteiger partial charge in [0.1, 0.15) is 4.21 Å². The highest BCUT2D eigenvalue weighted by molar-refractivity contribution is 7.91. The summed E-state index contributed by atoms with van der Waals surface area (Å²) in [7, 11) is -2.06. The Labute approximate surface area is 183 Å². The van der Waals surface area contributed by atoms with Crippen LogP contribution in [-0.4, -0.2) is 41.4 Å². The summed E-state index contributed by atoms with van der Waals surface area (Å²) in [4.78, 5) is 13.3. The summed E-state index contributed by atoms with van der Waals surface area (Å²) in [6.07, 6.45) is 0. The minimum absolute atomic E-state index is 0.170. The van der Waals surface area contributed by atoms with E-state index < -0.39 is 10.0 Å². The molecule has 8 nitrogen and oxygen atoms in total. The zero-order valence-corrected chi connectivity index (χ0v) is 18.2. The highest BCUT2D eigenvalue weighted by atomic mass is 32.2. The normalized spacial score (nSPS) is 12.7. The molecule has 1 amide bonds. The van der Waals surface area contributed by atoms with Gasteiger partial charge in [-0.05, 0) is 42.0 Å². The van der Waals surface area contributed by atoms with Gasteiger partial charge in [0.2, 0.25) is 16.8 Å². The van der Waals surface area contributed by atoms with Crippen molar-refractivity contribution in [3.63, 3.8) is 0 Å². The average Bonchev–Trinajstić information content (AvgIpc) is 3.44. The van der Waals surface area contributed by atoms with Crippen molar-refractivity contribution >= 4 is 33.0 Å². The van der Waals surface area contributed by atoms with Crippen LogP contribution in [0.4, 0.5) is 5.69 Å². The standard InChI is InChI=1S/C21H20N2O6S2/c1-27-11-10-22-31(25,26)20-9-8-19(30-20)14-2-4-15(5-3-14)21(24)23-16-6-7-17-18(12-16)29-13-28-17/h2-9,12,22H,10-11,13H2,1H3,(H,23,24). The lowest BCUT2D eigenvalue weighted by Gasteiger charge is -2.07. The van der Waals surface area contributed by atoms with Gasteiger partial charge in [0.25, 0.3) is 5.91 Å². The number of ether oxygens (including phenoxy) is 3. The lowest BCUT2D eigenvalue weighted by Crippen LogP contribution is -2.26. The Morgan fingerprint density at radius 3 is 2.61 bits per heavy atom. The zero-order valence-electron chi connectivity index (χ0n) is 16.6. The smallest absolute Gasteiger partial charge is 0.255 e. The average molecular weight is 461 g/mol. The molecule has 3 aromatic rings. The third-order valence-electron chi connectivity index (χ3n) is 4.51. The molecular formula is C21H20N2O6S2. The van der Waals surface area contributed by atoms with Gasteiger partial charge in [-0.1, -0.05) is 12.1 Å². The first-order chi connectivity index (χ1) is 15.0. The van der Waals surface area contributed by atoms with Crippen LogP contribution in [0.3, 0.4) is 0 Å². The van der Waals surface area contributed by atoms with E-state index in [0.717, 1.165) is 21.8 Å². The van der Waals surface area contributed by atoms with Crippen molar-refractivity contribution in [2.24, 2.45) is 0 Å². The Morgan fingerprint density at radius 2 is 1.84 bits per heavy atom. The van der Waals surface area contributed by atoms with Crippen LogP contribution < -0.4 is 19.5 Å². The topological polar surface area (TPSA) is 103 Å². The number of carbonyl (C=O) groups is 1. The second-order valence-electron chi connectivity index (χ2n) is 6.61. The van der Waals surface area contributed by atoms with Gasteiger partial charge in [0.15, 0.2) is 11.5 Å². The highest BCUT2D eigenvalue weighted by Gasteiger charge is 2.17. The first-order valence-electron chi connectivity index (χ1n) is 9.36. The monoisotopic (exact) mass is 460 g/mol. The van der Waals surface area contributed by atoms with Crippen LogP contribution in [0.1, 0.15) is 10.4 Å². The fourth-order valence-electron chi connectivity index (χ4n) is 2.93. The number of amides is 1. The van der Waals surface area contributed by atoms with E-state index in [9.17, 15) is 13.2 Å². The Bertz CT molecular complexity index is 1190. The summed E-state index contributed by atoms with van der Waals surface area (Å²) < 4.78 is 42.8. The lowest BCUT2D eigenvalue weighted by molar-refractivity contribution is 0.102. The van der Waals surface area contributed by atoms with E-state index in [2.05, 4.69) is 10.0 Å². The quantitative estimate of drug-likeness (QED) is 0.500. The van der Waals surface area contributed by atoms with Crippen LogP contribution in [0.25, 0.3) is 10.4 Å². The number of anilines is 1. The first kappa shape index (κ1) is 21.3. The summed E-state index contributed by atoms with van der Waals surface area (Å²) in [5, 5.41) is 2.83. The molecule has 2 aromatic carbocycles. The molecule has 0 saturated heterocycles. The maximum atomic E-state index is 12.5. The molecular weight excluding hydrogens is 440 g/mol. The van der Waals surface area contributed by atoms with Crippen LogP contribution in [0.15, 0.2) is 58.8 Å². The Kier molecular flexibility index (Phi) is 6.23. The second-order valence-corrected chi connectivity index (χ2v) is 9.69. The Hall–Kier alpha value is -2.92. The second kappa shape index (κ2) is 9.06. The van der Waals surface area contributed by atoms with Crippen molar-refractivity contribution in [3.8, 4) is 21.9 Å². The molecule has 1 aliphatic rings. The number of thiophene rings is 1. The minimum atomic E-state index is -3.58. The summed E-state index contributed by atoms with van der Waals surface area (Å²) in [5.41, 5.74) is 1.91. The SMILES string of the molecule is COCCNS(=O)(=O)c1ccc(-c2ccc(C(=O)Nc3ccc4c(c3)OCO4)cc2)s1. The number of sulfonamides is 1. The maximum Gasteiger partial charge on any atom is 0.255 e. The van der Waals surface area contributed by atoms with Gasteiger partial charge in [-0.3, -0.25) is 4.79 Å². The van der Waals surface area contributed by atoms with Crippen LogP contribution >= 0.6 is 11.3 Å². The number of hydrogen-bond acceptors (Lipinski definition) is 7. The van der Waals surface area contributed by atoms with Crippen LogP contribution in [0.2, 0.25) is 0 Å². The number of benzene rings is 2. The first-order valence-corrected chi connectivity index (χ1v) is 11.7. The molecule has 0 atom stereocenters. The molecule has 0 spiro atoms. The third-order valence-corrected chi connectivity index (χ3v) is 7.59. The predicted octanol–water partition coefficient (Wildman–Crippen LogP) is 3.32. The number of hydrogen-bond donors (Lipinski definition) is 2. The van der Waals surface area contributed by atoms with Crippen molar-refractivity contribution in [1.29, 1.82) is 0 Å². The van der Waals surface area contributed by atoms with Crippen molar-refractivity contribution in [2.75, 3.05) is 32.4 Å². The van der Waals surface area contributed by atoms with Gasteiger partial charge in [-0.25, -0.2) is 13.1 Å². The molecule has 1 aliphatic heterocycles. The summed E-state index contributed by atoms with van der Waals surface area (Å²) in [6, 6.07) is 15.5.